The number of aryl methyl sites for hydroxylation is 1. The molecule has 0 amide bonds. The molecule has 0 unspecified atom stereocenters. The normalized spacial score (nSPS) is 11.6. The molecule has 0 aliphatic rings. The fourth-order valence-electron chi connectivity index (χ4n) is 2.42. The summed E-state index contributed by atoms with van der Waals surface area (Å²) in [7, 11) is 0. The van der Waals surface area contributed by atoms with Crippen molar-refractivity contribution in [2.24, 2.45) is 0 Å². The van der Waals surface area contributed by atoms with E-state index < -0.39 is 0 Å². The molecule has 3 rings (SSSR count). The van der Waals surface area contributed by atoms with Gasteiger partial charge in [0.25, 0.3) is 0 Å². The van der Waals surface area contributed by atoms with Crippen LogP contribution >= 0.6 is 27.3 Å². The molecule has 4 nitrogen and oxygen atoms in total. The van der Waals surface area contributed by atoms with Gasteiger partial charge in [-0.15, -0.1) is 21.5 Å². The monoisotopic (exact) mass is 405 g/mol. The molecule has 0 fully saturated rings. The number of benzene rings is 1. The lowest BCUT2D eigenvalue weighted by Crippen LogP contribution is -2.29. The van der Waals surface area contributed by atoms with E-state index in [1.54, 1.807) is 0 Å². The molecule has 0 spiro atoms. The molecule has 24 heavy (non-hydrogen) atoms. The number of aromatic nitrogens is 2. The van der Waals surface area contributed by atoms with E-state index in [-0.39, 0.29) is 0 Å². The second-order valence-corrected chi connectivity index (χ2v) is 8.31. The fraction of sp³-hybridized carbons (Fsp3) is 0.333. The summed E-state index contributed by atoms with van der Waals surface area (Å²) in [6.45, 7) is 8.05. The van der Waals surface area contributed by atoms with Gasteiger partial charge in [0.1, 0.15) is 0 Å². The third-order valence-electron chi connectivity index (χ3n) is 3.76. The summed E-state index contributed by atoms with van der Waals surface area (Å²) in [5, 5.41) is 8.41. The number of rotatable bonds is 6. The molecule has 6 heteroatoms. The highest BCUT2D eigenvalue weighted by molar-refractivity contribution is 9.10. The van der Waals surface area contributed by atoms with Crippen molar-refractivity contribution in [2.45, 2.75) is 39.9 Å². The SMILES string of the molecule is Cc1ccc(CN(Cc2nnc(-c3cccc(Br)c3)o2)C(C)C)s1. The second kappa shape index (κ2) is 7.59. The van der Waals surface area contributed by atoms with E-state index in [2.05, 4.69) is 63.9 Å². The lowest BCUT2D eigenvalue weighted by atomic mass is 10.2. The molecular weight excluding hydrogens is 386 g/mol. The van der Waals surface area contributed by atoms with Crippen LogP contribution in [0.25, 0.3) is 11.5 Å². The molecule has 0 saturated heterocycles. The van der Waals surface area contributed by atoms with E-state index in [1.807, 2.05) is 35.6 Å². The summed E-state index contributed by atoms with van der Waals surface area (Å²) in [5.74, 6) is 1.20. The van der Waals surface area contributed by atoms with Crippen molar-refractivity contribution in [3.05, 3.63) is 56.5 Å². The van der Waals surface area contributed by atoms with Crippen LogP contribution in [0.1, 0.15) is 29.5 Å². The predicted molar refractivity (Wildman–Crippen MR) is 101 cm³/mol. The van der Waals surface area contributed by atoms with Crippen LogP contribution in [-0.2, 0) is 13.1 Å². The maximum atomic E-state index is 5.87. The Morgan fingerprint density at radius 2 is 2.00 bits per heavy atom. The average Bonchev–Trinajstić information content (AvgIpc) is 3.16. The van der Waals surface area contributed by atoms with Crippen molar-refractivity contribution in [3.63, 3.8) is 0 Å². The first-order valence-corrected chi connectivity index (χ1v) is 9.50. The number of hydrogen-bond acceptors (Lipinski definition) is 5. The zero-order valence-electron chi connectivity index (χ0n) is 14.0. The van der Waals surface area contributed by atoms with Crippen molar-refractivity contribution >= 4 is 27.3 Å². The molecule has 1 aromatic carbocycles. The van der Waals surface area contributed by atoms with Gasteiger partial charge in [-0.3, -0.25) is 4.90 Å². The Balaban J connectivity index is 1.73. The second-order valence-electron chi connectivity index (χ2n) is 6.02. The summed E-state index contributed by atoms with van der Waals surface area (Å²) in [6.07, 6.45) is 0. The Morgan fingerprint density at radius 1 is 1.17 bits per heavy atom. The van der Waals surface area contributed by atoms with Gasteiger partial charge in [-0.1, -0.05) is 22.0 Å². The van der Waals surface area contributed by atoms with E-state index >= 15 is 0 Å². The first-order chi connectivity index (χ1) is 11.5. The highest BCUT2D eigenvalue weighted by atomic mass is 79.9. The minimum atomic E-state index is 0.397. The predicted octanol–water partition coefficient (Wildman–Crippen LogP) is 5.28. The van der Waals surface area contributed by atoms with Gasteiger partial charge in [-0.25, -0.2) is 0 Å². The Hall–Kier alpha value is -1.50. The maximum Gasteiger partial charge on any atom is 0.247 e. The van der Waals surface area contributed by atoms with E-state index in [9.17, 15) is 0 Å². The molecule has 2 aromatic heterocycles. The molecule has 0 atom stereocenters. The zero-order valence-corrected chi connectivity index (χ0v) is 16.4. The number of thiophene rings is 1. The van der Waals surface area contributed by atoms with Crippen LogP contribution in [0.15, 0.2) is 45.3 Å². The van der Waals surface area contributed by atoms with Crippen molar-refractivity contribution in [3.8, 4) is 11.5 Å². The van der Waals surface area contributed by atoms with Crippen molar-refractivity contribution in [1.29, 1.82) is 0 Å². The van der Waals surface area contributed by atoms with Gasteiger partial charge in [0.2, 0.25) is 11.8 Å². The lowest BCUT2D eigenvalue weighted by Gasteiger charge is -2.24. The molecular formula is C18H20BrN3OS. The zero-order chi connectivity index (χ0) is 17.1. The molecule has 2 heterocycles. The Morgan fingerprint density at radius 3 is 2.67 bits per heavy atom. The Kier molecular flexibility index (Phi) is 5.48. The van der Waals surface area contributed by atoms with Crippen LogP contribution in [0.4, 0.5) is 0 Å². The number of halogens is 1. The summed E-state index contributed by atoms with van der Waals surface area (Å²) in [5.41, 5.74) is 0.924. The smallest absolute Gasteiger partial charge is 0.247 e. The summed E-state index contributed by atoms with van der Waals surface area (Å²) >= 11 is 5.30. The van der Waals surface area contributed by atoms with Crippen LogP contribution < -0.4 is 0 Å². The Bertz CT molecular complexity index is 812. The third-order valence-corrected chi connectivity index (χ3v) is 5.24. The fourth-order valence-corrected chi connectivity index (χ4v) is 3.74. The van der Waals surface area contributed by atoms with Gasteiger partial charge in [-0.05, 0) is 51.1 Å². The van der Waals surface area contributed by atoms with Gasteiger partial charge in [0.15, 0.2) is 0 Å². The molecule has 0 N–H and O–H groups in total. The first kappa shape index (κ1) is 17.3. The number of hydrogen-bond donors (Lipinski definition) is 0. The minimum Gasteiger partial charge on any atom is -0.419 e. The summed E-state index contributed by atoms with van der Waals surface area (Å²) < 4.78 is 6.86. The van der Waals surface area contributed by atoms with Gasteiger partial charge >= 0.3 is 0 Å². The molecule has 3 aromatic rings. The van der Waals surface area contributed by atoms with Crippen molar-refractivity contribution in [1.82, 2.24) is 15.1 Å². The largest absolute Gasteiger partial charge is 0.419 e. The topological polar surface area (TPSA) is 42.2 Å². The van der Waals surface area contributed by atoms with Crippen LogP contribution in [0.2, 0.25) is 0 Å². The standard InChI is InChI=1S/C18H20BrN3OS/c1-12(2)22(10-16-8-7-13(3)24-16)11-17-20-21-18(23-17)14-5-4-6-15(19)9-14/h4-9,12H,10-11H2,1-3H3. The van der Waals surface area contributed by atoms with Gasteiger partial charge in [0, 0.05) is 32.4 Å². The summed E-state index contributed by atoms with van der Waals surface area (Å²) in [6, 6.07) is 12.6. The third kappa shape index (κ3) is 4.32. The van der Waals surface area contributed by atoms with Crippen molar-refractivity contribution < 1.29 is 4.42 Å². The van der Waals surface area contributed by atoms with E-state index in [1.165, 1.54) is 9.75 Å². The quantitative estimate of drug-likeness (QED) is 0.559. The van der Waals surface area contributed by atoms with Gasteiger partial charge in [-0.2, -0.15) is 0 Å². The van der Waals surface area contributed by atoms with Gasteiger partial charge in [0.05, 0.1) is 6.54 Å². The number of nitrogens with zero attached hydrogens (tertiary/aromatic N) is 3. The van der Waals surface area contributed by atoms with E-state index in [4.69, 9.17) is 4.42 Å². The van der Waals surface area contributed by atoms with E-state index in [0.29, 0.717) is 24.4 Å². The van der Waals surface area contributed by atoms with Crippen LogP contribution in [0, 0.1) is 6.92 Å². The highest BCUT2D eigenvalue weighted by Gasteiger charge is 2.16. The van der Waals surface area contributed by atoms with Crippen LogP contribution in [0.3, 0.4) is 0 Å². The molecule has 0 bridgehead atoms. The molecule has 0 radical (unpaired) electrons. The molecule has 126 valence electrons. The average molecular weight is 406 g/mol. The highest BCUT2D eigenvalue weighted by Crippen LogP contribution is 2.23. The van der Waals surface area contributed by atoms with Crippen LogP contribution in [-0.4, -0.2) is 21.1 Å². The lowest BCUT2D eigenvalue weighted by molar-refractivity contribution is 0.186. The Labute approximate surface area is 154 Å². The van der Waals surface area contributed by atoms with Crippen LogP contribution in [0.5, 0.6) is 0 Å². The molecule has 0 aliphatic heterocycles. The minimum absolute atomic E-state index is 0.397. The molecule has 0 saturated carbocycles. The van der Waals surface area contributed by atoms with E-state index in [0.717, 1.165) is 16.6 Å². The summed E-state index contributed by atoms with van der Waals surface area (Å²) in [4.78, 5) is 5.03. The maximum absolute atomic E-state index is 5.87. The molecule has 0 aliphatic carbocycles. The van der Waals surface area contributed by atoms with Crippen molar-refractivity contribution in [2.75, 3.05) is 0 Å². The van der Waals surface area contributed by atoms with Gasteiger partial charge < -0.3 is 4.42 Å². The first-order valence-electron chi connectivity index (χ1n) is 7.89.